The Morgan fingerprint density at radius 3 is 2.37 bits per heavy atom. The first kappa shape index (κ1) is 11.9. The fraction of sp³-hybridized carbons (Fsp3) is 0.0667. The van der Waals surface area contributed by atoms with E-state index in [1.165, 1.54) is 0 Å². The first-order valence-corrected chi connectivity index (χ1v) is 6.28. The molecule has 0 saturated carbocycles. The van der Waals surface area contributed by atoms with E-state index in [0.717, 1.165) is 11.3 Å². The van der Waals surface area contributed by atoms with E-state index in [-0.39, 0.29) is 12.5 Å². The predicted octanol–water partition coefficient (Wildman–Crippen LogP) is 2.99. The zero-order valence-electron chi connectivity index (χ0n) is 10.0. The first-order valence-electron chi connectivity index (χ1n) is 5.90. The van der Waals surface area contributed by atoms with Crippen LogP contribution in [0.3, 0.4) is 0 Å². The summed E-state index contributed by atoms with van der Waals surface area (Å²) < 4.78 is 7.17. The lowest BCUT2D eigenvalue weighted by Gasteiger charge is -1.99. The highest BCUT2D eigenvalue weighted by molar-refractivity contribution is 6.30. The summed E-state index contributed by atoms with van der Waals surface area (Å²) in [5.41, 5.74) is 1.76. The first-order chi connectivity index (χ1) is 9.24. The highest BCUT2D eigenvalue weighted by atomic mass is 35.5. The van der Waals surface area contributed by atoms with Gasteiger partial charge in [-0.15, -0.1) is 4.58 Å². The highest BCUT2D eigenvalue weighted by Crippen LogP contribution is 2.19. The molecule has 1 aliphatic rings. The van der Waals surface area contributed by atoms with Gasteiger partial charge in [-0.25, -0.2) is 4.79 Å². The second kappa shape index (κ2) is 4.86. The van der Waals surface area contributed by atoms with Crippen molar-refractivity contribution in [3.8, 4) is 0 Å². The molecule has 2 aromatic rings. The second-order valence-corrected chi connectivity index (χ2v) is 4.64. The van der Waals surface area contributed by atoms with Crippen LogP contribution in [0.4, 0.5) is 5.69 Å². The molecule has 0 atom stereocenters. The zero-order valence-corrected chi connectivity index (χ0v) is 10.8. The summed E-state index contributed by atoms with van der Waals surface area (Å²) in [6.07, 6.45) is 0. The van der Waals surface area contributed by atoms with Gasteiger partial charge in [0.15, 0.2) is 0 Å². The van der Waals surface area contributed by atoms with Crippen molar-refractivity contribution in [1.82, 2.24) is 0 Å². The standard InChI is InChI=1S/C15H11ClNO2/c16-12-8-6-11(7-9-12)15-17(10-14(18)19-15)13-4-2-1-3-5-13/h1-9H,10H2/q+1. The molecule has 0 fully saturated rings. The van der Waals surface area contributed by atoms with Crippen LogP contribution in [0, 0.1) is 0 Å². The summed E-state index contributed by atoms with van der Waals surface area (Å²) >= 11 is 5.87. The third-order valence-electron chi connectivity index (χ3n) is 2.90. The van der Waals surface area contributed by atoms with E-state index in [4.69, 9.17) is 16.3 Å². The number of ether oxygens (including phenoxy) is 1. The van der Waals surface area contributed by atoms with Crippen molar-refractivity contribution in [3.05, 3.63) is 65.2 Å². The van der Waals surface area contributed by atoms with Gasteiger partial charge in [0.05, 0.1) is 5.56 Å². The van der Waals surface area contributed by atoms with Gasteiger partial charge in [0.1, 0.15) is 0 Å². The molecule has 0 aromatic heterocycles. The molecule has 3 nitrogen and oxygen atoms in total. The Labute approximate surface area is 115 Å². The Kier molecular flexibility index (Phi) is 3.05. The Hall–Kier alpha value is -2.13. The van der Waals surface area contributed by atoms with E-state index >= 15 is 0 Å². The molecule has 19 heavy (non-hydrogen) atoms. The minimum absolute atomic E-state index is 0.224. The fourth-order valence-electron chi connectivity index (χ4n) is 2.02. The van der Waals surface area contributed by atoms with Crippen molar-refractivity contribution >= 4 is 29.2 Å². The van der Waals surface area contributed by atoms with Gasteiger partial charge in [0.2, 0.25) is 12.2 Å². The molecule has 94 valence electrons. The van der Waals surface area contributed by atoms with E-state index in [9.17, 15) is 4.79 Å². The number of esters is 1. The normalized spacial score (nSPS) is 14.7. The number of rotatable bonds is 2. The lowest BCUT2D eigenvalue weighted by molar-refractivity contribution is -0.422. The molecule has 0 aliphatic carbocycles. The third-order valence-corrected chi connectivity index (χ3v) is 3.15. The number of hydrogen-bond donors (Lipinski definition) is 0. The van der Waals surface area contributed by atoms with Crippen molar-refractivity contribution in [2.45, 2.75) is 0 Å². The SMILES string of the molecule is O=C1C[N+](c2ccccc2)=C(c2ccc(Cl)cc2)O1. The summed E-state index contributed by atoms with van der Waals surface area (Å²) in [7, 11) is 0. The number of para-hydroxylation sites is 1. The molecule has 1 aliphatic heterocycles. The fourth-order valence-corrected chi connectivity index (χ4v) is 2.15. The number of cyclic esters (lactones) is 1. The van der Waals surface area contributed by atoms with Crippen LogP contribution in [0.25, 0.3) is 0 Å². The van der Waals surface area contributed by atoms with Gasteiger partial charge in [0, 0.05) is 17.2 Å². The van der Waals surface area contributed by atoms with Crippen molar-refractivity contribution in [1.29, 1.82) is 0 Å². The lowest BCUT2D eigenvalue weighted by atomic mass is 10.2. The van der Waals surface area contributed by atoms with E-state index < -0.39 is 0 Å². The largest absolute Gasteiger partial charge is 0.384 e. The second-order valence-electron chi connectivity index (χ2n) is 4.21. The van der Waals surface area contributed by atoms with Crippen LogP contribution in [-0.4, -0.2) is 23.0 Å². The van der Waals surface area contributed by atoms with Gasteiger partial charge in [-0.05, 0) is 24.3 Å². The van der Waals surface area contributed by atoms with Gasteiger partial charge in [0.25, 0.3) is 0 Å². The number of nitrogens with zero attached hydrogens (tertiary/aromatic N) is 1. The maximum atomic E-state index is 11.6. The lowest BCUT2D eigenvalue weighted by Crippen LogP contribution is -2.12. The van der Waals surface area contributed by atoms with Crippen molar-refractivity contribution in [2.75, 3.05) is 6.54 Å². The number of carbonyl (C=O) groups is 1. The summed E-state index contributed by atoms with van der Waals surface area (Å²) in [6.45, 7) is 0.224. The molecule has 0 spiro atoms. The van der Waals surface area contributed by atoms with Crippen LogP contribution in [0.1, 0.15) is 5.56 Å². The Bertz CT molecular complexity index is 648. The molecule has 1 heterocycles. The summed E-state index contributed by atoms with van der Waals surface area (Å²) in [6, 6.07) is 16.9. The maximum Gasteiger partial charge on any atom is 0.384 e. The molecular weight excluding hydrogens is 262 g/mol. The summed E-state index contributed by atoms with van der Waals surface area (Å²) in [4.78, 5) is 11.6. The molecule has 2 aromatic carbocycles. The monoisotopic (exact) mass is 272 g/mol. The van der Waals surface area contributed by atoms with Crippen molar-refractivity contribution in [3.63, 3.8) is 0 Å². The summed E-state index contributed by atoms with van der Waals surface area (Å²) in [5, 5.41) is 0.653. The molecule has 0 bridgehead atoms. The van der Waals surface area contributed by atoms with Crippen LogP contribution >= 0.6 is 11.6 Å². The van der Waals surface area contributed by atoms with E-state index in [0.29, 0.717) is 10.9 Å². The quantitative estimate of drug-likeness (QED) is 0.621. The minimum Gasteiger partial charge on any atom is -0.365 e. The number of carbonyl (C=O) groups excluding carboxylic acids is 1. The molecule has 4 heteroatoms. The van der Waals surface area contributed by atoms with Gasteiger partial charge < -0.3 is 4.74 Å². The van der Waals surface area contributed by atoms with Gasteiger partial charge in [-0.3, -0.25) is 0 Å². The van der Waals surface area contributed by atoms with Crippen LogP contribution < -0.4 is 0 Å². The number of hydrogen-bond acceptors (Lipinski definition) is 2. The molecule has 3 rings (SSSR count). The van der Waals surface area contributed by atoms with Crippen LogP contribution in [-0.2, 0) is 9.53 Å². The number of benzene rings is 2. The highest BCUT2D eigenvalue weighted by Gasteiger charge is 2.34. The van der Waals surface area contributed by atoms with Crippen LogP contribution in [0.5, 0.6) is 0 Å². The van der Waals surface area contributed by atoms with Crippen LogP contribution in [0.2, 0.25) is 5.02 Å². The molecule has 0 amide bonds. The average Bonchev–Trinajstić information content (AvgIpc) is 2.83. The maximum absolute atomic E-state index is 11.6. The van der Waals surface area contributed by atoms with Gasteiger partial charge in [-0.1, -0.05) is 29.8 Å². The topological polar surface area (TPSA) is 29.3 Å². The van der Waals surface area contributed by atoms with Crippen molar-refractivity contribution < 1.29 is 14.1 Å². The van der Waals surface area contributed by atoms with E-state index in [1.807, 2.05) is 47.0 Å². The molecule has 0 N–H and O–H groups in total. The zero-order chi connectivity index (χ0) is 13.2. The molecular formula is C15H11ClNO2+. The van der Waals surface area contributed by atoms with E-state index in [2.05, 4.69) is 0 Å². The van der Waals surface area contributed by atoms with E-state index in [1.54, 1.807) is 12.1 Å². The predicted molar refractivity (Wildman–Crippen MR) is 72.9 cm³/mol. The molecule has 0 saturated heterocycles. The minimum atomic E-state index is -0.256. The van der Waals surface area contributed by atoms with Crippen LogP contribution in [0.15, 0.2) is 54.6 Å². The Balaban J connectivity index is 2.09. The Morgan fingerprint density at radius 2 is 1.68 bits per heavy atom. The average molecular weight is 273 g/mol. The van der Waals surface area contributed by atoms with Crippen molar-refractivity contribution in [2.24, 2.45) is 0 Å². The van der Waals surface area contributed by atoms with Gasteiger partial charge in [-0.2, -0.15) is 0 Å². The summed E-state index contributed by atoms with van der Waals surface area (Å²) in [5.74, 6) is 0.293. The third kappa shape index (κ3) is 2.37. The molecule has 0 radical (unpaired) electrons. The van der Waals surface area contributed by atoms with Gasteiger partial charge >= 0.3 is 11.9 Å². The Morgan fingerprint density at radius 1 is 1.00 bits per heavy atom. The number of halogens is 1. The molecule has 0 unspecified atom stereocenters. The smallest absolute Gasteiger partial charge is 0.365 e.